The highest BCUT2D eigenvalue weighted by Gasteiger charge is 2.29. The third kappa shape index (κ3) is 2.64. The maximum atomic E-state index is 9.05. The van der Waals surface area contributed by atoms with Crippen molar-refractivity contribution < 1.29 is 0 Å². The Morgan fingerprint density at radius 2 is 2.00 bits per heavy atom. The highest BCUT2D eigenvalue weighted by atomic mass is 35.5. The lowest BCUT2D eigenvalue weighted by Crippen LogP contribution is -2.30. The molecule has 0 amide bonds. The van der Waals surface area contributed by atoms with Crippen LogP contribution in [0.25, 0.3) is 5.69 Å². The Hall–Kier alpha value is -2.10. The van der Waals surface area contributed by atoms with E-state index in [1.54, 1.807) is 0 Å². The van der Waals surface area contributed by atoms with Crippen molar-refractivity contribution in [2.75, 3.05) is 20.1 Å². The SMILES string of the molecule is CN1Cc2cc(Cl)ccc2-n2c(nnc2C2CCN(C#N)CC2)C1. The Morgan fingerprint density at radius 3 is 2.75 bits per heavy atom. The Bertz CT molecular complexity index is 800. The van der Waals surface area contributed by atoms with Gasteiger partial charge in [0, 0.05) is 30.6 Å². The molecule has 4 rings (SSSR count). The zero-order valence-electron chi connectivity index (χ0n) is 13.6. The molecule has 6 nitrogen and oxygen atoms in total. The van der Waals surface area contributed by atoms with Crippen LogP contribution in [0, 0.1) is 11.5 Å². The van der Waals surface area contributed by atoms with E-state index >= 15 is 0 Å². The number of hydrogen-bond donors (Lipinski definition) is 0. The molecule has 0 spiro atoms. The fourth-order valence-corrected chi connectivity index (χ4v) is 3.88. The first-order chi connectivity index (χ1) is 11.7. The molecule has 0 saturated carbocycles. The van der Waals surface area contributed by atoms with Crippen molar-refractivity contribution in [2.45, 2.75) is 31.8 Å². The normalized spacial score (nSPS) is 18.6. The largest absolute Gasteiger partial charge is 0.311 e. The lowest BCUT2D eigenvalue weighted by Gasteiger charge is -2.28. The minimum atomic E-state index is 0.336. The summed E-state index contributed by atoms with van der Waals surface area (Å²) in [6, 6.07) is 6.03. The first-order valence-electron chi connectivity index (χ1n) is 8.22. The molecule has 1 saturated heterocycles. The van der Waals surface area contributed by atoms with Crippen molar-refractivity contribution >= 4 is 11.6 Å². The van der Waals surface area contributed by atoms with Crippen LogP contribution >= 0.6 is 11.6 Å². The number of rotatable bonds is 1. The second-order valence-corrected chi connectivity index (χ2v) is 7.05. The van der Waals surface area contributed by atoms with Gasteiger partial charge in [-0.05, 0) is 43.7 Å². The average molecular weight is 343 g/mol. The predicted octanol–water partition coefficient (Wildman–Crippen LogP) is 2.53. The molecule has 3 heterocycles. The molecule has 0 N–H and O–H groups in total. The Balaban J connectivity index is 1.77. The van der Waals surface area contributed by atoms with Crippen molar-refractivity contribution in [3.05, 3.63) is 40.4 Å². The molecule has 2 aliphatic rings. The van der Waals surface area contributed by atoms with Crippen LogP contribution in [0.2, 0.25) is 5.02 Å². The number of halogens is 1. The fourth-order valence-electron chi connectivity index (χ4n) is 3.68. The summed E-state index contributed by atoms with van der Waals surface area (Å²) in [5, 5.41) is 18.8. The minimum absolute atomic E-state index is 0.336. The third-order valence-electron chi connectivity index (χ3n) is 4.89. The lowest BCUT2D eigenvalue weighted by atomic mass is 9.96. The average Bonchev–Trinajstić information content (AvgIpc) is 2.92. The van der Waals surface area contributed by atoms with Gasteiger partial charge in [-0.15, -0.1) is 10.2 Å². The van der Waals surface area contributed by atoms with Crippen molar-refractivity contribution in [3.63, 3.8) is 0 Å². The van der Waals surface area contributed by atoms with E-state index in [0.29, 0.717) is 5.92 Å². The summed E-state index contributed by atoms with van der Waals surface area (Å²) < 4.78 is 2.21. The fraction of sp³-hybridized carbons (Fsp3) is 0.471. The first-order valence-corrected chi connectivity index (χ1v) is 8.59. The molecule has 0 aliphatic carbocycles. The molecule has 2 aromatic rings. The van der Waals surface area contributed by atoms with Gasteiger partial charge in [0.2, 0.25) is 0 Å². The molecular formula is C17H19ClN6. The standard InChI is InChI=1S/C17H19ClN6/c1-22-9-13-8-14(18)2-3-15(13)24-16(10-22)20-21-17(24)12-4-6-23(11-19)7-5-12/h2-3,8,12H,4-7,9-10H2,1H3. The van der Waals surface area contributed by atoms with Crippen molar-refractivity contribution in [1.29, 1.82) is 5.26 Å². The topological polar surface area (TPSA) is 61.0 Å². The molecule has 0 bridgehead atoms. The second kappa shape index (κ2) is 6.08. The number of likely N-dealkylation sites (tertiary alicyclic amines) is 1. The van der Waals surface area contributed by atoms with Gasteiger partial charge in [-0.2, -0.15) is 5.26 Å². The van der Waals surface area contributed by atoms with Crippen LogP contribution in [-0.2, 0) is 13.1 Å². The highest BCUT2D eigenvalue weighted by molar-refractivity contribution is 6.30. The summed E-state index contributed by atoms with van der Waals surface area (Å²) in [4.78, 5) is 4.04. The van der Waals surface area contributed by atoms with E-state index in [0.717, 1.165) is 61.4 Å². The van der Waals surface area contributed by atoms with Gasteiger partial charge in [0.1, 0.15) is 5.82 Å². The summed E-state index contributed by atoms with van der Waals surface area (Å²) in [5.41, 5.74) is 2.32. The molecule has 7 heteroatoms. The summed E-state index contributed by atoms with van der Waals surface area (Å²) >= 11 is 6.20. The van der Waals surface area contributed by atoms with Gasteiger partial charge in [-0.1, -0.05) is 11.6 Å². The third-order valence-corrected chi connectivity index (χ3v) is 5.13. The number of benzene rings is 1. The van der Waals surface area contributed by atoms with Crippen LogP contribution in [0.4, 0.5) is 0 Å². The zero-order valence-corrected chi connectivity index (χ0v) is 14.4. The second-order valence-electron chi connectivity index (χ2n) is 6.62. The Morgan fingerprint density at radius 1 is 1.21 bits per heavy atom. The number of piperidine rings is 1. The molecule has 1 fully saturated rings. The van der Waals surface area contributed by atoms with Gasteiger partial charge in [-0.25, -0.2) is 0 Å². The molecule has 0 unspecified atom stereocenters. The number of aromatic nitrogens is 3. The van der Waals surface area contributed by atoms with Gasteiger partial charge in [0.05, 0.1) is 12.2 Å². The first kappa shape index (κ1) is 15.4. The van der Waals surface area contributed by atoms with Crippen LogP contribution in [0.5, 0.6) is 0 Å². The number of hydrogen-bond acceptors (Lipinski definition) is 5. The lowest BCUT2D eigenvalue weighted by molar-refractivity contribution is 0.288. The van der Waals surface area contributed by atoms with Gasteiger partial charge in [-0.3, -0.25) is 9.47 Å². The highest BCUT2D eigenvalue weighted by Crippen LogP contribution is 2.32. The van der Waals surface area contributed by atoms with Gasteiger partial charge in [0.25, 0.3) is 0 Å². The van der Waals surface area contributed by atoms with Crippen LogP contribution in [0.15, 0.2) is 18.2 Å². The summed E-state index contributed by atoms with van der Waals surface area (Å²) in [6.07, 6.45) is 4.11. The van der Waals surface area contributed by atoms with Crippen molar-refractivity contribution in [2.24, 2.45) is 0 Å². The Kier molecular flexibility index (Phi) is 3.91. The maximum Gasteiger partial charge on any atom is 0.179 e. The number of nitriles is 1. The number of fused-ring (bicyclic) bond motifs is 3. The van der Waals surface area contributed by atoms with E-state index in [1.165, 1.54) is 5.56 Å². The molecule has 0 radical (unpaired) electrons. The molecule has 1 aromatic heterocycles. The molecule has 124 valence electrons. The zero-order chi connectivity index (χ0) is 16.7. The molecule has 24 heavy (non-hydrogen) atoms. The number of nitrogens with zero attached hydrogens (tertiary/aromatic N) is 6. The van der Waals surface area contributed by atoms with Crippen LogP contribution < -0.4 is 0 Å². The predicted molar refractivity (Wildman–Crippen MR) is 90.7 cm³/mol. The van der Waals surface area contributed by atoms with E-state index in [2.05, 4.69) is 39.0 Å². The van der Waals surface area contributed by atoms with Crippen molar-refractivity contribution in [1.82, 2.24) is 24.6 Å². The van der Waals surface area contributed by atoms with Crippen LogP contribution in [0.3, 0.4) is 0 Å². The van der Waals surface area contributed by atoms with E-state index in [1.807, 2.05) is 17.0 Å². The van der Waals surface area contributed by atoms with Crippen molar-refractivity contribution in [3.8, 4) is 11.9 Å². The maximum absolute atomic E-state index is 9.05. The van der Waals surface area contributed by atoms with E-state index in [4.69, 9.17) is 16.9 Å². The molecular weight excluding hydrogens is 324 g/mol. The molecule has 0 atom stereocenters. The molecule has 1 aromatic carbocycles. The van der Waals surface area contributed by atoms with Crippen LogP contribution in [0.1, 0.15) is 36.0 Å². The van der Waals surface area contributed by atoms with Gasteiger partial charge in [0.15, 0.2) is 12.0 Å². The quantitative estimate of drug-likeness (QED) is 0.745. The minimum Gasteiger partial charge on any atom is -0.311 e. The summed E-state index contributed by atoms with van der Waals surface area (Å²) in [5.74, 6) is 2.32. The van der Waals surface area contributed by atoms with E-state index < -0.39 is 0 Å². The monoisotopic (exact) mass is 342 g/mol. The Labute approximate surface area is 146 Å². The van der Waals surface area contributed by atoms with Crippen LogP contribution in [-0.4, -0.2) is 44.7 Å². The summed E-state index contributed by atoms with van der Waals surface area (Å²) in [7, 11) is 2.08. The smallest absolute Gasteiger partial charge is 0.179 e. The van der Waals surface area contributed by atoms with E-state index in [-0.39, 0.29) is 0 Å². The van der Waals surface area contributed by atoms with Gasteiger partial charge >= 0.3 is 0 Å². The van der Waals surface area contributed by atoms with Gasteiger partial charge < -0.3 is 4.90 Å². The molecule has 2 aliphatic heterocycles. The summed E-state index contributed by atoms with van der Waals surface area (Å²) in [6.45, 7) is 3.18. The van der Waals surface area contributed by atoms with E-state index in [9.17, 15) is 0 Å².